The Bertz CT molecular complexity index is 787. The lowest BCUT2D eigenvalue weighted by atomic mass is 10.1. The van der Waals surface area contributed by atoms with E-state index in [1.165, 1.54) is 28.8 Å². The maximum absolute atomic E-state index is 13.7. The molecule has 1 saturated heterocycles. The van der Waals surface area contributed by atoms with E-state index in [4.69, 9.17) is 0 Å². The number of hydrogen-bond acceptors (Lipinski definition) is 3. The van der Waals surface area contributed by atoms with Crippen LogP contribution in [0.15, 0.2) is 53.0 Å². The lowest BCUT2D eigenvalue weighted by Crippen LogP contribution is -2.44. The first kappa shape index (κ1) is 17.0. The minimum atomic E-state index is -0.624. The zero-order chi connectivity index (χ0) is 17.1. The highest BCUT2D eigenvalue weighted by molar-refractivity contribution is 9.10. The Labute approximate surface area is 151 Å². The molecule has 1 unspecified atom stereocenters. The highest BCUT2D eigenvalue weighted by Crippen LogP contribution is 2.25. The first-order valence-corrected chi connectivity index (χ1v) is 9.20. The molecule has 7 heteroatoms. The van der Waals surface area contributed by atoms with E-state index < -0.39 is 11.9 Å². The number of para-hydroxylation sites is 1. The zero-order valence-electron chi connectivity index (χ0n) is 12.5. The van der Waals surface area contributed by atoms with Crippen LogP contribution in [0.4, 0.5) is 10.1 Å². The third-order valence-electron chi connectivity index (χ3n) is 3.65. The summed E-state index contributed by atoms with van der Waals surface area (Å²) in [7, 11) is 0. The lowest BCUT2D eigenvalue weighted by molar-refractivity contribution is -0.119. The molecule has 124 valence electrons. The molecule has 1 fully saturated rings. The highest BCUT2D eigenvalue weighted by atomic mass is 79.9. The number of thioether (sulfide) groups is 1. The van der Waals surface area contributed by atoms with Crippen LogP contribution in [0.3, 0.4) is 0 Å². The van der Waals surface area contributed by atoms with E-state index in [9.17, 15) is 14.0 Å². The number of anilines is 1. The molecule has 24 heavy (non-hydrogen) atoms. The van der Waals surface area contributed by atoms with Crippen molar-refractivity contribution in [3.05, 3.63) is 64.4 Å². The van der Waals surface area contributed by atoms with Crippen molar-refractivity contribution in [3.8, 4) is 0 Å². The Morgan fingerprint density at radius 3 is 2.75 bits per heavy atom. The molecule has 0 radical (unpaired) electrons. The molecule has 1 atom stereocenters. The van der Waals surface area contributed by atoms with E-state index in [2.05, 4.69) is 21.2 Å². The lowest BCUT2D eigenvalue weighted by Gasteiger charge is -2.23. The third kappa shape index (κ3) is 3.62. The number of halogens is 2. The molecule has 0 aliphatic carbocycles. The van der Waals surface area contributed by atoms with E-state index in [0.717, 1.165) is 4.47 Å². The van der Waals surface area contributed by atoms with Crippen LogP contribution in [0, 0.1) is 5.82 Å². The van der Waals surface area contributed by atoms with E-state index >= 15 is 0 Å². The fourth-order valence-electron chi connectivity index (χ4n) is 2.43. The Morgan fingerprint density at radius 1 is 1.21 bits per heavy atom. The predicted octanol–water partition coefficient (Wildman–Crippen LogP) is 3.74. The maximum atomic E-state index is 13.7. The molecule has 1 aliphatic rings. The SMILES string of the molecule is O=C(Nc1ccccc1F)C1CSCN1C(=O)c1cccc(Br)c1. The van der Waals surface area contributed by atoms with Gasteiger partial charge >= 0.3 is 0 Å². The first-order chi connectivity index (χ1) is 11.6. The molecule has 2 aromatic rings. The van der Waals surface area contributed by atoms with Crippen LogP contribution in [0.5, 0.6) is 0 Å². The molecular formula is C17H14BrFN2O2S. The van der Waals surface area contributed by atoms with E-state index in [1.54, 1.807) is 30.3 Å². The van der Waals surface area contributed by atoms with Gasteiger partial charge in [-0.15, -0.1) is 11.8 Å². The number of hydrogen-bond donors (Lipinski definition) is 1. The molecular weight excluding hydrogens is 395 g/mol. The number of amides is 2. The first-order valence-electron chi connectivity index (χ1n) is 7.26. The summed E-state index contributed by atoms with van der Waals surface area (Å²) < 4.78 is 14.5. The molecule has 0 saturated carbocycles. The van der Waals surface area contributed by atoms with Gasteiger partial charge in [-0.3, -0.25) is 9.59 Å². The monoisotopic (exact) mass is 408 g/mol. The average Bonchev–Trinajstić information content (AvgIpc) is 3.06. The third-order valence-corrected chi connectivity index (χ3v) is 5.15. The van der Waals surface area contributed by atoms with Crippen LogP contribution in [0.25, 0.3) is 0 Å². The summed E-state index contributed by atoms with van der Waals surface area (Å²) in [6.07, 6.45) is 0. The van der Waals surface area contributed by atoms with Gasteiger partial charge in [-0.2, -0.15) is 0 Å². The van der Waals surface area contributed by atoms with Crippen molar-refractivity contribution in [3.63, 3.8) is 0 Å². The van der Waals surface area contributed by atoms with Crippen molar-refractivity contribution in [2.45, 2.75) is 6.04 Å². The maximum Gasteiger partial charge on any atom is 0.255 e. The van der Waals surface area contributed by atoms with Gasteiger partial charge in [0.15, 0.2) is 0 Å². The second kappa shape index (κ2) is 7.36. The average molecular weight is 409 g/mol. The Kier molecular flexibility index (Phi) is 5.20. The Balaban J connectivity index is 1.76. The van der Waals surface area contributed by atoms with Crippen molar-refractivity contribution >= 4 is 45.2 Å². The normalized spacial score (nSPS) is 16.9. The molecule has 2 aromatic carbocycles. The van der Waals surface area contributed by atoms with Crippen LogP contribution in [-0.2, 0) is 4.79 Å². The van der Waals surface area contributed by atoms with E-state index in [1.807, 2.05) is 6.07 Å². The number of nitrogens with one attached hydrogen (secondary N) is 1. The van der Waals surface area contributed by atoms with Gasteiger partial charge in [0.25, 0.3) is 5.91 Å². The van der Waals surface area contributed by atoms with Gasteiger partial charge < -0.3 is 10.2 Å². The van der Waals surface area contributed by atoms with Gasteiger partial charge in [0.2, 0.25) is 5.91 Å². The van der Waals surface area contributed by atoms with Crippen molar-refractivity contribution in [2.75, 3.05) is 16.9 Å². The second-order valence-corrected chi connectivity index (χ2v) is 7.19. The van der Waals surface area contributed by atoms with Crippen molar-refractivity contribution < 1.29 is 14.0 Å². The molecule has 0 bridgehead atoms. The minimum absolute atomic E-state index is 0.120. The van der Waals surface area contributed by atoms with Crippen molar-refractivity contribution in [2.24, 2.45) is 0 Å². The van der Waals surface area contributed by atoms with Gasteiger partial charge in [0, 0.05) is 15.8 Å². The highest BCUT2D eigenvalue weighted by Gasteiger charge is 2.35. The van der Waals surface area contributed by atoms with Crippen LogP contribution in [0.1, 0.15) is 10.4 Å². The molecule has 4 nitrogen and oxygen atoms in total. The molecule has 3 rings (SSSR count). The summed E-state index contributed by atoms with van der Waals surface area (Å²) in [6, 6.07) is 12.4. The van der Waals surface area contributed by atoms with Gasteiger partial charge in [0.1, 0.15) is 11.9 Å². The van der Waals surface area contributed by atoms with Gasteiger partial charge in [-0.05, 0) is 30.3 Å². The number of rotatable bonds is 3. The second-order valence-electron chi connectivity index (χ2n) is 5.27. The fraction of sp³-hybridized carbons (Fsp3) is 0.176. The van der Waals surface area contributed by atoms with Crippen molar-refractivity contribution in [1.82, 2.24) is 4.90 Å². The van der Waals surface area contributed by atoms with Gasteiger partial charge in [-0.25, -0.2) is 4.39 Å². The fourth-order valence-corrected chi connectivity index (χ4v) is 3.98. The summed E-state index contributed by atoms with van der Waals surface area (Å²) in [5, 5.41) is 2.57. The molecule has 1 aliphatic heterocycles. The van der Waals surface area contributed by atoms with Gasteiger partial charge in [-0.1, -0.05) is 34.1 Å². The molecule has 1 heterocycles. The number of carbonyl (C=O) groups excluding carboxylic acids is 2. The predicted molar refractivity (Wildman–Crippen MR) is 96.5 cm³/mol. The zero-order valence-corrected chi connectivity index (χ0v) is 14.9. The van der Waals surface area contributed by atoms with Crippen molar-refractivity contribution in [1.29, 1.82) is 0 Å². The largest absolute Gasteiger partial charge is 0.322 e. The number of nitrogens with zero attached hydrogens (tertiary/aromatic N) is 1. The van der Waals surface area contributed by atoms with Crippen LogP contribution in [0.2, 0.25) is 0 Å². The molecule has 1 N–H and O–H groups in total. The van der Waals surface area contributed by atoms with Gasteiger partial charge in [0.05, 0.1) is 11.6 Å². The molecule has 2 amide bonds. The summed E-state index contributed by atoms with van der Waals surface area (Å²) in [5.74, 6) is -0.175. The summed E-state index contributed by atoms with van der Waals surface area (Å²) in [5.41, 5.74) is 0.629. The Hall–Kier alpha value is -1.86. The van der Waals surface area contributed by atoms with E-state index in [-0.39, 0.29) is 17.5 Å². The number of carbonyl (C=O) groups is 2. The van der Waals surface area contributed by atoms with Crippen LogP contribution in [-0.4, -0.2) is 34.4 Å². The summed E-state index contributed by atoms with van der Waals surface area (Å²) >= 11 is 4.84. The molecule has 0 spiro atoms. The standard InChI is InChI=1S/C17H14BrFN2O2S/c18-12-5-3-4-11(8-12)17(23)21-10-24-9-15(21)16(22)20-14-7-2-1-6-13(14)19/h1-8,15H,9-10H2,(H,20,22). The van der Waals surface area contributed by atoms with Crippen LogP contribution >= 0.6 is 27.7 Å². The van der Waals surface area contributed by atoms with E-state index in [0.29, 0.717) is 17.2 Å². The number of benzene rings is 2. The quantitative estimate of drug-likeness (QED) is 0.841. The minimum Gasteiger partial charge on any atom is -0.322 e. The Morgan fingerprint density at radius 2 is 2.00 bits per heavy atom. The molecule has 0 aromatic heterocycles. The summed E-state index contributed by atoms with van der Waals surface area (Å²) in [6.45, 7) is 0. The van der Waals surface area contributed by atoms with Crippen LogP contribution < -0.4 is 5.32 Å². The smallest absolute Gasteiger partial charge is 0.255 e. The topological polar surface area (TPSA) is 49.4 Å². The summed E-state index contributed by atoms with van der Waals surface area (Å²) in [4.78, 5) is 26.7.